The fraction of sp³-hybridized carbons (Fsp3) is 0.462. The molecule has 0 N–H and O–H groups in total. The Labute approximate surface area is 101 Å². The molecule has 1 aromatic rings. The summed E-state index contributed by atoms with van der Waals surface area (Å²) in [6.45, 7) is 3.62. The van der Waals surface area contributed by atoms with Crippen molar-refractivity contribution in [3.63, 3.8) is 0 Å². The van der Waals surface area contributed by atoms with Gasteiger partial charge in [0.25, 0.3) is 0 Å². The number of benzene rings is 1. The van der Waals surface area contributed by atoms with Crippen LogP contribution in [-0.4, -0.2) is 27.6 Å². The average Bonchev–Trinajstić information content (AvgIpc) is 2.36. The Bertz CT molecular complexity index is 385. The van der Waals surface area contributed by atoms with E-state index < -0.39 is 5.41 Å². The van der Waals surface area contributed by atoms with Gasteiger partial charge in [-0.3, -0.25) is 0 Å². The van der Waals surface area contributed by atoms with Crippen LogP contribution in [0, 0.1) is 0 Å². The highest BCUT2D eigenvalue weighted by Crippen LogP contribution is 2.41. The van der Waals surface area contributed by atoms with Crippen LogP contribution in [0.3, 0.4) is 0 Å². The first-order valence-corrected chi connectivity index (χ1v) is 5.27. The Morgan fingerprint density at radius 3 is 1.76 bits per heavy atom. The zero-order chi connectivity index (χ0) is 13.1. The van der Waals surface area contributed by atoms with E-state index in [1.165, 1.54) is 0 Å². The zero-order valence-electron chi connectivity index (χ0n) is 10.9. The number of aldehydes is 1. The van der Waals surface area contributed by atoms with Crippen molar-refractivity contribution >= 4 is 6.29 Å². The third-order valence-corrected chi connectivity index (χ3v) is 2.65. The van der Waals surface area contributed by atoms with Gasteiger partial charge in [0.2, 0.25) is 0 Å². The first-order chi connectivity index (χ1) is 8.00. The summed E-state index contributed by atoms with van der Waals surface area (Å²) in [4.78, 5) is 11.2. The van der Waals surface area contributed by atoms with E-state index in [1.54, 1.807) is 33.5 Å². The molecule has 17 heavy (non-hydrogen) atoms. The molecule has 0 aliphatic carbocycles. The number of hydrogen-bond donors (Lipinski definition) is 0. The SMILES string of the molecule is COc1cc(OC)c(C(C)(C)C=O)c(OC)c1. The number of ether oxygens (including phenoxy) is 3. The van der Waals surface area contributed by atoms with Crippen molar-refractivity contribution in [3.8, 4) is 17.2 Å². The van der Waals surface area contributed by atoms with Crippen molar-refractivity contribution in [2.24, 2.45) is 0 Å². The summed E-state index contributed by atoms with van der Waals surface area (Å²) in [7, 11) is 4.68. The fourth-order valence-corrected chi connectivity index (χ4v) is 1.70. The Morgan fingerprint density at radius 2 is 1.47 bits per heavy atom. The van der Waals surface area contributed by atoms with Gasteiger partial charge in [0.05, 0.1) is 26.7 Å². The van der Waals surface area contributed by atoms with E-state index in [-0.39, 0.29) is 0 Å². The summed E-state index contributed by atoms with van der Waals surface area (Å²) in [5.41, 5.74) is 0.0430. The Balaban J connectivity index is 3.50. The number of carbonyl (C=O) groups excluding carboxylic acids is 1. The van der Waals surface area contributed by atoms with Crippen LogP contribution in [0.15, 0.2) is 12.1 Å². The molecule has 1 aromatic carbocycles. The number of hydrogen-bond acceptors (Lipinski definition) is 4. The largest absolute Gasteiger partial charge is 0.496 e. The van der Waals surface area contributed by atoms with Crippen LogP contribution >= 0.6 is 0 Å². The summed E-state index contributed by atoms with van der Waals surface area (Å²) >= 11 is 0. The molecule has 0 radical (unpaired) electrons. The van der Waals surface area contributed by atoms with Crippen LogP contribution in [0.4, 0.5) is 0 Å². The highest BCUT2D eigenvalue weighted by Gasteiger charge is 2.28. The van der Waals surface area contributed by atoms with Gasteiger partial charge in [0.15, 0.2) is 0 Å². The van der Waals surface area contributed by atoms with Crippen LogP contribution in [-0.2, 0) is 10.2 Å². The average molecular weight is 238 g/mol. The molecule has 0 fully saturated rings. The molecule has 0 spiro atoms. The van der Waals surface area contributed by atoms with Crippen molar-refractivity contribution in [1.82, 2.24) is 0 Å². The molecule has 94 valence electrons. The molecular formula is C13H18O4. The summed E-state index contributed by atoms with van der Waals surface area (Å²) in [5.74, 6) is 1.79. The molecule has 0 aliphatic heterocycles. The summed E-state index contributed by atoms with van der Waals surface area (Å²) in [5, 5.41) is 0. The lowest BCUT2D eigenvalue weighted by Gasteiger charge is -2.24. The normalized spacial score (nSPS) is 10.9. The molecule has 0 aliphatic rings. The lowest BCUT2D eigenvalue weighted by Crippen LogP contribution is -2.21. The van der Waals surface area contributed by atoms with Gasteiger partial charge in [-0.25, -0.2) is 0 Å². The van der Waals surface area contributed by atoms with E-state index >= 15 is 0 Å². The fourth-order valence-electron chi connectivity index (χ4n) is 1.70. The van der Waals surface area contributed by atoms with E-state index in [4.69, 9.17) is 14.2 Å². The minimum Gasteiger partial charge on any atom is -0.496 e. The van der Waals surface area contributed by atoms with Crippen LogP contribution in [0.1, 0.15) is 19.4 Å². The third kappa shape index (κ3) is 2.52. The van der Waals surface area contributed by atoms with E-state index in [0.29, 0.717) is 17.2 Å². The third-order valence-electron chi connectivity index (χ3n) is 2.65. The first-order valence-electron chi connectivity index (χ1n) is 5.27. The predicted molar refractivity (Wildman–Crippen MR) is 65.2 cm³/mol. The monoisotopic (exact) mass is 238 g/mol. The minimum atomic E-state index is -0.678. The molecule has 0 bridgehead atoms. The predicted octanol–water partition coefficient (Wildman–Crippen LogP) is 2.19. The zero-order valence-corrected chi connectivity index (χ0v) is 10.9. The molecule has 4 nitrogen and oxygen atoms in total. The van der Waals surface area contributed by atoms with E-state index in [1.807, 2.05) is 13.8 Å². The second-order valence-corrected chi connectivity index (χ2v) is 4.25. The molecule has 0 heterocycles. The van der Waals surface area contributed by atoms with Crippen LogP contribution in [0.5, 0.6) is 17.2 Å². The quantitative estimate of drug-likeness (QED) is 0.738. The minimum absolute atomic E-state index is 0.582. The molecule has 4 heteroatoms. The molecule has 0 aromatic heterocycles. The number of rotatable bonds is 5. The maximum absolute atomic E-state index is 11.2. The van der Waals surface area contributed by atoms with Crippen molar-refractivity contribution in [3.05, 3.63) is 17.7 Å². The molecule has 0 saturated heterocycles. The van der Waals surface area contributed by atoms with E-state index in [0.717, 1.165) is 11.8 Å². The maximum Gasteiger partial charge on any atom is 0.130 e. The topological polar surface area (TPSA) is 44.8 Å². The van der Waals surface area contributed by atoms with Crippen LogP contribution in [0.25, 0.3) is 0 Å². The Kier molecular flexibility index (Phi) is 3.99. The van der Waals surface area contributed by atoms with Crippen molar-refractivity contribution in [2.45, 2.75) is 19.3 Å². The van der Waals surface area contributed by atoms with Crippen molar-refractivity contribution in [2.75, 3.05) is 21.3 Å². The van der Waals surface area contributed by atoms with E-state index in [9.17, 15) is 4.79 Å². The standard InChI is InChI=1S/C13H18O4/c1-13(2,8-14)12-10(16-4)6-9(15-3)7-11(12)17-5/h6-8H,1-5H3. The molecule has 0 unspecified atom stereocenters. The molecular weight excluding hydrogens is 220 g/mol. The maximum atomic E-state index is 11.2. The van der Waals surface area contributed by atoms with Gasteiger partial charge in [-0.15, -0.1) is 0 Å². The molecule has 1 rings (SSSR count). The van der Waals surface area contributed by atoms with Crippen LogP contribution < -0.4 is 14.2 Å². The summed E-state index contributed by atoms with van der Waals surface area (Å²) < 4.78 is 15.8. The van der Waals surface area contributed by atoms with Gasteiger partial charge < -0.3 is 19.0 Å². The second kappa shape index (κ2) is 5.08. The lowest BCUT2D eigenvalue weighted by atomic mass is 9.84. The van der Waals surface area contributed by atoms with Gasteiger partial charge in [-0.1, -0.05) is 0 Å². The Hall–Kier alpha value is -1.71. The number of carbonyl (C=O) groups is 1. The molecule has 0 atom stereocenters. The van der Waals surface area contributed by atoms with Gasteiger partial charge in [0.1, 0.15) is 23.5 Å². The molecule has 0 amide bonds. The van der Waals surface area contributed by atoms with Gasteiger partial charge in [-0.05, 0) is 13.8 Å². The number of methoxy groups -OCH3 is 3. The van der Waals surface area contributed by atoms with Crippen molar-refractivity contribution < 1.29 is 19.0 Å². The van der Waals surface area contributed by atoms with Crippen molar-refractivity contribution in [1.29, 1.82) is 0 Å². The smallest absolute Gasteiger partial charge is 0.130 e. The summed E-state index contributed by atoms with van der Waals surface area (Å²) in [6, 6.07) is 3.48. The van der Waals surface area contributed by atoms with Gasteiger partial charge >= 0.3 is 0 Å². The highest BCUT2D eigenvalue weighted by molar-refractivity contribution is 5.72. The van der Waals surface area contributed by atoms with Crippen LogP contribution in [0.2, 0.25) is 0 Å². The highest BCUT2D eigenvalue weighted by atomic mass is 16.5. The first kappa shape index (κ1) is 13.4. The molecule has 0 saturated carbocycles. The van der Waals surface area contributed by atoms with Gasteiger partial charge in [-0.2, -0.15) is 0 Å². The van der Waals surface area contributed by atoms with E-state index in [2.05, 4.69) is 0 Å². The summed E-state index contributed by atoms with van der Waals surface area (Å²) in [6.07, 6.45) is 0.875. The second-order valence-electron chi connectivity index (χ2n) is 4.25. The lowest BCUT2D eigenvalue weighted by molar-refractivity contribution is -0.111. The Morgan fingerprint density at radius 1 is 1.00 bits per heavy atom. The van der Waals surface area contributed by atoms with Gasteiger partial charge in [0, 0.05) is 17.7 Å².